The minimum absolute atomic E-state index is 0.0518. The third-order valence-electron chi connectivity index (χ3n) is 4.63. The number of hydrogen-bond acceptors (Lipinski definition) is 6. The maximum Gasteiger partial charge on any atom is 0.243 e. The number of carbonyl (C=O) groups is 1. The van der Waals surface area contributed by atoms with Gasteiger partial charge in [0.15, 0.2) is 5.82 Å². The number of hydrogen-bond donors (Lipinski definition) is 1. The lowest BCUT2D eigenvalue weighted by Crippen LogP contribution is -2.49. The molecule has 2 aromatic rings. The molecule has 1 amide bonds. The molecule has 3 rings (SSSR count). The lowest BCUT2D eigenvalue weighted by Gasteiger charge is -2.36. The van der Waals surface area contributed by atoms with Crippen molar-refractivity contribution in [3.63, 3.8) is 0 Å². The number of anilines is 1. The molecule has 140 valence electrons. The first-order valence-electron chi connectivity index (χ1n) is 8.90. The van der Waals surface area contributed by atoms with Gasteiger partial charge in [-0.25, -0.2) is 0 Å². The van der Waals surface area contributed by atoms with E-state index in [0.29, 0.717) is 23.1 Å². The fourth-order valence-electron chi connectivity index (χ4n) is 3.00. The van der Waals surface area contributed by atoms with Crippen molar-refractivity contribution < 1.29 is 9.32 Å². The molecule has 1 fully saturated rings. The normalized spacial score (nSPS) is 17.2. The highest BCUT2D eigenvalue weighted by Crippen LogP contribution is 2.21. The van der Waals surface area contributed by atoms with Crippen molar-refractivity contribution in [2.45, 2.75) is 26.3 Å². The van der Waals surface area contributed by atoms with Gasteiger partial charge in [0.05, 0.1) is 23.3 Å². The van der Waals surface area contributed by atoms with E-state index < -0.39 is 0 Å². The maximum atomic E-state index is 12.2. The molecule has 0 radical (unpaired) electrons. The summed E-state index contributed by atoms with van der Waals surface area (Å²) in [5, 5.41) is 7.38. The minimum Gasteiger partial charge on any atom is -0.338 e. The Morgan fingerprint density at radius 3 is 2.69 bits per heavy atom. The van der Waals surface area contributed by atoms with Crippen molar-refractivity contribution in [3.8, 4) is 0 Å². The Kier molecular flexibility index (Phi) is 6.24. The summed E-state index contributed by atoms with van der Waals surface area (Å²) in [7, 11) is 0. The summed E-state index contributed by atoms with van der Waals surface area (Å²) in [4.78, 5) is 21.1. The molecule has 1 saturated heterocycles. The molecule has 1 aliphatic heterocycles. The smallest absolute Gasteiger partial charge is 0.243 e. The first kappa shape index (κ1) is 18.8. The highest BCUT2D eigenvalue weighted by atomic mass is 35.5. The van der Waals surface area contributed by atoms with E-state index in [0.717, 1.165) is 38.4 Å². The summed E-state index contributed by atoms with van der Waals surface area (Å²) >= 11 is 6.08. The molecule has 1 atom stereocenters. The van der Waals surface area contributed by atoms with Crippen LogP contribution in [0.15, 0.2) is 28.8 Å². The van der Waals surface area contributed by atoms with Crippen LogP contribution in [0.2, 0.25) is 5.02 Å². The van der Waals surface area contributed by atoms with Crippen LogP contribution in [0.25, 0.3) is 0 Å². The number of para-hydroxylation sites is 1. The van der Waals surface area contributed by atoms with Gasteiger partial charge in [-0.3, -0.25) is 14.6 Å². The Labute approximate surface area is 158 Å². The van der Waals surface area contributed by atoms with E-state index in [-0.39, 0.29) is 11.9 Å². The van der Waals surface area contributed by atoms with Crippen molar-refractivity contribution in [2.24, 2.45) is 0 Å². The molecule has 0 aliphatic carbocycles. The van der Waals surface area contributed by atoms with E-state index >= 15 is 0 Å². The van der Waals surface area contributed by atoms with Gasteiger partial charge in [-0.15, -0.1) is 0 Å². The second-order valence-electron chi connectivity index (χ2n) is 6.42. The number of benzene rings is 1. The summed E-state index contributed by atoms with van der Waals surface area (Å²) in [6, 6.07) is 7.34. The molecule has 26 heavy (non-hydrogen) atoms. The van der Waals surface area contributed by atoms with E-state index in [4.69, 9.17) is 16.1 Å². The molecule has 7 nitrogen and oxygen atoms in total. The van der Waals surface area contributed by atoms with Gasteiger partial charge in [-0.05, 0) is 19.1 Å². The van der Waals surface area contributed by atoms with Crippen molar-refractivity contribution in [3.05, 3.63) is 41.0 Å². The number of piperazine rings is 1. The van der Waals surface area contributed by atoms with Crippen LogP contribution in [-0.4, -0.2) is 58.6 Å². The highest BCUT2D eigenvalue weighted by Gasteiger charge is 2.26. The van der Waals surface area contributed by atoms with Gasteiger partial charge < -0.3 is 9.84 Å². The Morgan fingerprint density at radius 1 is 1.31 bits per heavy atom. The fourth-order valence-corrected chi connectivity index (χ4v) is 3.18. The second-order valence-corrected chi connectivity index (χ2v) is 6.83. The average Bonchev–Trinajstić information content (AvgIpc) is 3.13. The molecule has 0 spiro atoms. The number of rotatable bonds is 6. The Balaban J connectivity index is 1.47. The maximum absolute atomic E-state index is 12.2. The molecule has 1 aromatic heterocycles. The van der Waals surface area contributed by atoms with Crippen LogP contribution in [0.1, 0.15) is 31.6 Å². The Bertz CT molecular complexity index is 743. The van der Waals surface area contributed by atoms with Crippen molar-refractivity contribution in [1.29, 1.82) is 0 Å². The predicted octanol–water partition coefficient (Wildman–Crippen LogP) is 2.60. The molecule has 1 aromatic carbocycles. The summed E-state index contributed by atoms with van der Waals surface area (Å²) in [6.07, 6.45) is 0.768. The first-order chi connectivity index (χ1) is 12.6. The Hall–Kier alpha value is -1.96. The monoisotopic (exact) mass is 377 g/mol. The van der Waals surface area contributed by atoms with Crippen LogP contribution in [0, 0.1) is 0 Å². The minimum atomic E-state index is -0.0518. The van der Waals surface area contributed by atoms with Crippen molar-refractivity contribution >= 4 is 23.2 Å². The third kappa shape index (κ3) is 4.60. The summed E-state index contributed by atoms with van der Waals surface area (Å²) in [6.45, 7) is 7.77. The van der Waals surface area contributed by atoms with Crippen molar-refractivity contribution in [1.82, 2.24) is 19.9 Å². The zero-order chi connectivity index (χ0) is 18.5. The molecule has 1 N–H and O–H groups in total. The van der Waals surface area contributed by atoms with E-state index in [1.54, 1.807) is 12.1 Å². The molecule has 0 saturated carbocycles. The lowest BCUT2D eigenvalue weighted by molar-refractivity contribution is -0.117. The van der Waals surface area contributed by atoms with Crippen LogP contribution in [-0.2, 0) is 11.2 Å². The van der Waals surface area contributed by atoms with Gasteiger partial charge in [0.1, 0.15) is 0 Å². The van der Waals surface area contributed by atoms with Crippen LogP contribution < -0.4 is 5.32 Å². The number of aryl methyl sites for hydroxylation is 1. The van der Waals surface area contributed by atoms with Crippen LogP contribution in [0.3, 0.4) is 0 Å². The summed E-state index contributed by atoms with van der Waals surface area (Å²) in [5.41, 5.74) is 0.648. The van der Waals surface area contributed by atoms with Gasteiger partial charge in [0.25, 0.3) is 0 Å². The predicted molar refractivity (Wildman–Crippen MR) is 100 cm³/mol. The zero-order valence-electron chi connectivity index (χ0n) is 15.1. The van der Waals surface area contributed by atoms with E-state index in [1.165, 1.54) is 0 Å². The molecular formula is C18H24ClN5O2. The van der Waals surface area contributed by atoms with E-state index in [1.807, 2.05) is 19.1 Å². The van der Waals surface area contributed by atoms with Gasteiger partial charge in [-0.2, -0.15) is 4.98 Å². The molecule has 1 unspecified atom stereocenters. The molecule has 8 heteroatoms. The zero-order valence-corrected chi connectivity index (χ0v) is 15.9. The number of carbonyl (C=O) groups excluding carboxylic acids is 1. The van der Waals surface area contributed by atoms with Gasteiger partial charge in [0, 0.05) is 32.6 Å². The topological polar surface area (TPSA) is 74.5 Å². The molecule has 0 bridgehead atoms. The second kappa shape index (κ2) is 8.62. The van der Waals surface area contributed by atoms with Crippen LogP contribution in [0.4, 0.5) is 5.69 Å². The highest BCUT2D eigenvalue weighted by molar-refractivity contribution is 6.33. The SMILES string of the molecule is CCc1noc(C(C)N2CCN(CC(=O)Nc3ccccc3Cl)CC2)n1. The number of halogens is 1. The fraction of sp³-hybridized carbons (Fsp3) is 0.500. The molecular weight excluding hydrogens is 354 g/mol. The van der Waals surface area contributed by atoms with Gasteiger partial charge >= 0.3 is 0 Å². The number of aromatic nitrogens is 2. The number of nitrogens with zero attached hydrogens (tertiary/aromatic N) is 4. The van der Waals surface area contributed by atoms with Crippen LogP contribution >= 0.6 is 11.6 Å². The van der Waals surface area contributed by atoms with Crippen molar-refractivity contribution in [2.75, 3.05) is 38.0 Å². The molecule has 1 aliphatic rings. The Morgan fingerprint density at radius 2 is 2.04 bits per heavy atom. The standard InChI is InChI=1S/C18H24ClN5O2/c1-3-16-21-18(26-22-16)13(2)24-10-8-23(9-11-24)12-17(25)20-15-7-5-4-6-14(15)19/h4-7,13H,3,8-12H2,1-2H3,(H,20,25). The van der Waals surface area contributed by atoms with E-state index in [9.17, 15) is 4.79 Å². The average molecular weight is 378 g/mol. The summed E-state index contributed by atoms with van der Waals surface area (Å²) < 4.78 is 5.35. The van der Waals surface area contributed by atoms with Crippen LogP contribution in [0.5, 0.6) is 0 Å². The first-order valence-corrected chi connectivity index (χ1v) is 9.28. The van der Waals surface area contributed by atoms with Gasteiger partial charge in [-0.1, -0.05) is 35.8 Å². The quantitative estimate of drug-likeness (QED) is 0.834. The largest absolute Gasteiger partial charge is 0.338 e. The van der Waals surface area contributed by atoms with E-state index in [2.05, 4.69) is 32.2 Å². The van der Waals surface area contributed by atoms with Gasteiger partial charge in [0.2, 0.25) is 11.8 Å². The summed E-state index contributed by atoms with van der Waals surface area (Å²) in [5.74, 6) is 1.34. The third-order valence-corrected chi connectivity index (χ3v) is 4.96. The number of amides is 1. The number of nitrogens with one attached hydrogen (secondary N) is 1. The molecule has 2 heterocycles. The lowest BCUT2D eigenvalue weighted by atomic mass is 10.2.